The average Bonchev–Trinajstić information content (AvgIpc) is 2.84. The van der Waals surface area contributed by atoms with Gasteiger partial charge in [-0.05, 0) is 18.2 Å². The van der Waals surface area contributed by atoms with Crippen LogP contribution in [0, 0.1) is 0 Å². The molecule has 1 fully saturated rings. The molecule has 0 aliphatic carbocycles. The quantitative estimate of drug-likeness (QED) is 0.560. The van der Waals surface area contributed by atoms with Gasteiger partial charge in [-0.2, -0.15) is 0 Å². The van der Waals surface area contributed by atoms with Crippen molar-refractivity contribution in [1.29, 1.82) is 0 Å². The topological polar surface area (TPSA) is 118 Å². The molecule has 11 nitrogen and oxygen atoms in total. The summed E-state index contributed by atoms with van der Waals surface area (Å²) in [5.41, 5.74) is -0.477. The van der Waals surface area contributed by atoms with Crippen LogP contribution in [0.4, 0.5) is 0 Å². The fraction of sp³-hybridized carbons (Fsp3) is 0.409. The van der Waals surface area contributed by atoms with Crippen molar-refractivity contribution in [2.75, 3.05) is 46.9 Å². The van der Waals surface area contributed by atoms with Crippen molar-refractivity contribution in [3.63, 3.8) is 0 Å². The fourth-order valence-corrected chi connectivity index (χ4v) is 4.69. The first-order valence-electron chi connectivity index (χ1n) is 10.7. The van der Waals surface area contributed by atoms with Gasteiger partial charge in [-0.1, -0.05) is 12.1 Å². The van der Waals surface area contributed by atoms with Crippen LogP contribution in [0.5, 0.6) is 11.5 Å². The van der Waals surface area contributed by atoms with Crippen molar-refractivity contribution in [2.45, 2.75) is 17.5 Å². The molecule has 0 bridgehead atoms. The van der Waals surface area contributed by atoms with E-state index < -0.39 is 21.7 Å². The van der Waals surface area contributed by atoms with Gasteiger partial charge in [0.2, 0.25) is 22.0 Å². The first kappa shape index (κ1) is 23.8. The normalized spacial score (nSPS) is 18.1. The van der Waals surface area contributed by atoms with E-state index >= 15 is 0 Å². The molecule has 3 heterocycles. The maximum absolute atomic E-state index is 12.9. The van der Waals surface area contributed by atoms with E-state index in [4.69, 9.17) is 9.47 Å². The SMILES string of the molecule is CN(C)S(=O)(=O)c1ccc(=O)n(CC(=O)N2CCN(C(=O)[C@@H]3COc4ccccc4O3)CC2)c1. The Morgan fingerprint density at radius 2 is 1.65 bits per heavy atom. The monoisotopic (exact) mass is 490 g/mol. The molecule has 0 N–H and O–H groups in total. The average molecular weight is 491 g/mol. The molecule has 34 heavy (non-hydrogen) atoms. The molecule has 4 rings (SSSR count). The van der Waals surface area contributed by atoms with Crippen LogP contribution in [0.25, 0.3) is 0 Å². The van der Waals surface area contributed by atoms with Crippen LogP contribution in [0.1, 0.15) is 0 Å². The van der Waals surface area contributed by atoms with E-state index in [1.807, 2.05) is 6.07 Å². The number of ether oxygens (including phenoxy) is 2. The predicted octanol–water partition coefficient (Wildman–Crippen LogP) is -0.391. The van der Waals surface area contributed by atoms with E-state index in [2.05, 4.69) is 0 Å². The minimum atomic E-state index is -3.74. The summed E-state index contributed by atoms with van der Waals surface area (Å²) in [6, 6.07) is 9.50. The van der Waals surface area contributed by atoms with Crippen molar-refractivity contribution >= 4 is 21.8 Å². The van der Waals surface area contributed by atoms with Crippen LogP contribution in [-0.4, -0.2) is 91.9 Å². The van der Waals surface area contributed by atoms with Crippen molar-refractivity contribution in [3.05, 3.63) is 52.9 Å². The Kier molecular flexibility index (Phi) is 6.62. The molecule has 2 aliphatic rings. The molecular formula is C22H26N4O7S. The van der Waals surface area contributed by atoms with E-state index in [9.17, 15) is 22.8 Å². The number of carbonyl (C=O) groups is 2. The number of sulfonamides is 1. The third-order valence-corrected chi connectivity index (χ3v) is 7.57. The first-order chi connectivity index (χ1) is 16.2. The van der Waals surface area contributed by atoms with Gasteiger partial charge in [-0.25, -0.2) is 12.7 Å². The van der Waals surface area contributed by atoms with Gasteiger partial charge in [-0.15, -0.1) is 0 Å². The number of piperazine rings is 1. The Morgan fingerprint density at radius 1 is 1.00 bits per heavy atom. The number of pyridine rings is 1. The number of hydrogen-bond acceptors (Lipinski definition) is 7. The number of para-hydroxylation sites is 2. The molecule has 1 saturated heterocycles. The van der Waals surface area contributed by atoms with Crippen LogP contribution < -0.4 is 15.0 Å². The minimum absolute atomic E-state index is 0.0726. The predicted molar refractivity (Wildman–Crippen MR) is 121 cm³/mol. The summed E-state index contributed by atoms with van der Waals surface area (Å²) in [5, 5.41) is 0. The number of rotatable bonds is 5. The third-order valence-electron chi connectivity index (χ3n) is 5.77. The van der Waals surface area contributed by atoms with Crippen molar-refractivity contribution in [3.8, 4) is 11.5 Å². The van der Waals surface area contributed by atoms with E-state index in [0.717, 1.165) is 14.9 Å². The zero-order chi connectivity index (χ0) is 24.5. The summed E-state index contributed by atoms with van der Waals surface area (Å²) < 4.78 is 38.2. The van der Waals surface area contributed by atoms with Crippen molar-refractivity contribution in [2.24, 2.45) is 0 Å². The van der Waals surface area contributed by atoms with Gasteiger partial charge in [0.25, 0.3) is 11.5 Å². The smallest absolute Gasteiger partial charge is 0.267 e. The lowest BCUT2D eigenvalue weighted by molar-refractivity contribution is -0.146. The third kappa shape index (κ3) is 4.77. The number of amides is 2. The molecule has 2 aliphatic heterocycles. The van der Waals surface area contributed by atoms with E-state index in [0.29, 0.717) is 37.7 Å². The standard InChI is InChI=1S/C22H26N4O7S/c1-23(2)34(30,31)16-7-8-20(27)26(13-16)14-21(28)24-9-11-25(12-10-24)22(29)19-15-32-17-5-3-4-6-18(17)33-19/h3-8,13,19H,9-12,14-15H2,1-2H3/t19-/m0/s1. The highest BCUT2D eigenvalue weighted by Crippen LogP contribution is 2.31. The second kappa shape index (κ2) is 9.47. The Bertz CT molecular complexity index is 1250. The molecule has 182 valence electrons. The number of benzene rings is 1. The molecule has 1 aromatic carbocycles. The second-order valence-electron chi connectivity index (χ2n) is 8.19. The maximum atomic E-state index is 12.9. The zero-order valence-electron chi connectivity index (χ0n) is 18.9. The molecule has 2 aromatic rings. The van der Waals surface area contributed by atoms with Crippen LogP contribution in [0.2, 0.25) is 0 Å². The number of hydrogen-bond donors (Lipinski definition) is 0. The number of fused-ring (bicyclic) bond motifs is 1. The van der Waals surface area contributed by atoms with E-state index in [-0.39, 0.29) is 29.9 Å². The highest BCUT2D eigenvalue weighted by Gasteiger charge is 2.33. The highest BCUT2D eigenvalue weighted by atomic mass is 32.2. The first-order valence-corrected chi connectivity index (χ1v) is 12.2. The zero-order valence-corrected chi connectivity index (χ0v) is 19.7. The molecule has 0 spiro atoms. The summed E-state index contributed by atoms with van der Waals surface area (Å²) in [7, 11) is -0.963. The van der Waals surface area contributed by atoms with Crippen molar-refractivity contribution in [1.82, 2.24) is 18.7 Å². The van der Waals surface area contributed by atoms with E-state index in [1.54, 1.807) is 28.0 Å². The van der Waals surface area contributed by atoms with E-state index in [1.165, 1.54) is 26.4 Å². The molecule has 1 atom stereocenters. The Labute approximate surface area is 197 Å². The number of nitrogens with zero attached hydrogens (tertiary/aromatic N) is 4. The molecule has 0 radical (unpaired) electrons. The van der Waals surface area contributed by atoms with Crippen LogP contribution in [0.15, 0.2) is 52.3 Å². The fourth-order valence-electron chi connectivity index (χ4n) is 3.76. The summed E-state index contributed by atoms with van der Waals surface area (Å²) in [6.07, 6.45) is 0.422. The summed E-state index contributed by atoms with van der Waals surface area (Å²) in [6.45, 7) is 1.04. The van der Waals surface area contributed by atoms with Gasteiger partial charge in [-0.3, -0.25) is 14.4 Å². The summed E-state index contributed by atoms with van der Waals surface area (Å²) in [5.74, 6) is 0.573. The van der Waals surface area contributed by atoms with Gasteiger partial charge in [0.15, 0.2) is 11.5 Å². The molecule has 1 aromatic heterocycles. The van der Waals surface area contributed by atoms with Gasteiger partial charge in [0, 0.05) is 52.5 Å². The Hall–Kier alpha value is -3.38. The van der Waals surface area contributed by atoms with Gasteiger partial charge < -0.3 is 23.8 Å². The lowest BCUT2D eigenvalue weighted by Crippen LogP contribution is -2.55. The molecular weight excluding hydrogens is 464 g/mol. The largest absolute Gasteiger partial charge is 0.485 e. The van der Waals surface area contributed by atoms with Crippen LogP contribution >= 0.6 is 0 Å². The lowest BCUT2D eigenvalue weighted by atomic mass is 10.2. The molecule has 0 unspecified atom stereocenters. The minimum Gasteiger partial charge on any atom is -0.485 e. The summed E-state index contributed by atoms with van der Waals surface area (Å²) >= 11 is 0. The van der Waals surface area contributed by atoms with Crippen LogP contribution in [0.3, 0.4) is 0 Å². The molecule has 2 amide bonds. The Morgan fingerprint density at radius 3 is 2.32 bits per heavy atom. The van der Waals surface area contributed by atoms with Crippen molar-refractivity contribution < 1.29 is 27.5 Å². The number of aromatic nitrogens is 1. The summed E-state index contributed by atoms with van der Waals surface area (Å²) in [4.78, 5) is 41.0. The van der Waals surface area contributed by atoms with Crippen LogP contribution in [-0.2, 0) is 26.2 Å². The molecule has 12 heteroatoms. The van der Waals surface area contributed by atoms with Gasteiger partial charge in [0.05, 0.1) is 4.90 Å². The second-order valence-corrected chi connectivity index (χ2v) is 10.3. The maximum Gasteiger partial charge on any atom is 0.267 e. The van der Waals surface area contributed by atoms with Gasteiger partial charge >= 0.3 is 0 Å². The Balaban J connectivity index is 1.35. The van der Waals surface area contributed by atoms with Gasteiger partial charge in [0.1, 0.15) is 13.2 Å². The number of carbonyl (C=O) groups excluding carboxylic acids is 2. The highest BCUT2D eigenvalue weighted by molar-refractivity contribution is 7.89. The molecule has 0 saturated carbocycles. The lowest BCUT2D eigenvalue weighted by Gasteiger charge is -2.37.